The van der Waals surface area contributed by atoms with Crippen molar-refractivity contribution < 1.29 is 14.3 Å². The van der Waals surface area contributed by atoms with Gasteiger partial charge in [-0.15, -0.1) is 0 Å². The summed E-state index contributed by atoms with van der Waals surface area (Å²) in [7, 11) is 3.56. The maximum absolute atomic E-state index is 12.7. The topological polar surface area (TPSA) is 76.5 Å². The van der Waals surface area contributed by atoms with Crippen molar-refractivity contribution in [1.29, 1.82) is 0 Å². The molecular formula is C25H36N4O3. The van der Waals surface area contributed by atoms with Crippen LogP contribution >= 0.6 is 0 Å². The van der Waals surface area contributed by atoms with E-state index in [0.29, 0.717) is 31.1 Å². The van der Waals surface area contributed by atoms with E-state index in [1.807, 2.05) is 47.8 Å². The van der Waals surface area contributed by atoms with E-state index in [0.717, 1.165) is 50.2 Å². The van der Waals surface area contributed by atoms with Crippen LogP contribution in [0.3, 0.4) is 0 Å². The van der Waals surface area contributed by atoms with Crippen LogP contribution in [-0.2, 0) is 29.4 Å². The molecular weight excluding hydrogens is 404 g/mol. The van der Waals surface area contributed by atoms with Gasteiger partial charge < -0.3 is 15.0 Å². The second-order valence-corrected chi connectivity index (χ2v) is 8.75. The number of nitrogens with zero attached hydrogens (tertiary/aromatic N) is 3. The minimum atomic E-state index is -0.0721. The molecule has 2 heterocycles. The molecule has 2 aromatic rings. The van der Waals surface area contributed by atoms with E-state index in [4.69, 9.17) is 4.74 Å². The molecule has 7 heteroatoms. The van der Waals surface area contributed by atoms with Gasteiger partial charge in [0, 0.05) is 51.5 Å². The predicted octanol–water partition coefficient (Wildman–Crippen LogP) is 2.83. The molecule has 0 spiro atoms. The van der Waals surface area contributed by atoms with Crippen molar-refractivity contribution in [2.75, 3.05) is 33.4 Å². The Kier molecular flexibility index (Phi) is 8.45. The Morgan fingerprint density at radius 2 is 1.84 bits per heavy atom. The molecule has 1 saturated heterocycles. The van der Waals surface area contributed by atoms with Crippen LogP contribution in [-0.4, -0.2) is 59.8 Å². The average molecular weight is 441 g/mol. The van der Waals surface area contributed by atoms with Crippen molar-refractivity contribution in [3.05, 3.63) is 52.3 Å². The molecule has 3 rings (SSSR count). The van der Waals surface area contributed by atoms with Crippen LogP contribution in [0.1, 0.15) is 52.1 Å². The zero-order chi connectivity index (χ0) is 23.1. The highest BCUT2D eigenvalue weighted by Crippen LogP contribution is 2.23. The number of piperidine rings is 1. The summed E-state index contributed by atoms with van der Waals surface area (Å²) in [5.41, 5.74) is 5.28. The van der Waals surface area contributed by atoms with Crippen LogP contribution in [0.25, 0.3) is 0 Å². The van der Waals surface area contributed by atoms with Gasteiger partial charge in [-0.05, 0) is 68.7 Å². The van der Waals surface area contributed by atoms with Gasteiger partial charge in [0.25, 0.3) is 5.91 Å². The number of benzene rings is 1. The smallest absolute Gasteiger partial charge is 0.251 e. The Balaban J connectivity index is 1.42. The molecule has 174 valence electrons. The fraction of sp³-hybridized carbons (Fsp3) is 0.560. The van der Waals surface area contributed by atoms with E-state index in [2.05, 4.69) is 17.3 Å². The third-order valence-corrected chi connectivity index (χ3v) is 6.55. The molecule has 1 fully saturated rings. The molecule has 1 aliphatic heterocycles. The Morgan fingerprint density at radius 3 is 2.44 bits per heavy atom. The monoisotopic (exact) mass is 440 g/mol. The molecule has 0 unspecified atom stereocenters. The summed E-state index contributed by atoms with van der Waals surface area (Å²) in [5, 5.41) is 7.29. The van der Waals surface area contributed by atoms with Crippen LogP contribution in [0.4, 0.5) is 0 Å². The second kappa shape index (κ2) is 11.3. The first kappa shape index (κ1) is 24.0. The molecule has 7 nitrogen and oxygen atoms in total. The maximum atomic E-state index is 12.7. The van der Waals surface area contributed by atoms with E-state index in [9.17, 15) is 9.59 Å². The number of nitrogens with one attached hydrogen (secondary N) is 1. The van der Waals surface area contributed by atoms with Crippen LogP contribution in [0.15, 0.2) is 24.3 Å². The van der Waals surface area contributed by atoms with E-state index < -0.39 is 0 Å². The summed E-state index contributed by atoms with van der Waals surface area (Å²) in [5.74, 6) is 0.746. The average Bonchev–Trinajstić information content (AvgIpc) is 3.04. The molecule has 0 atom stereocenters. The minimum absolute atomic E-state index is 0.0721. The number of methoxy groups -OCH3 is 1. The number of rotatable bonds is 9. The van der Waals surface area contributed by atoms with Crippen molar-refractivity contribution in [2.45, 2.75) is 46.0 Å². The van der Waals surface area contributed by atoms with E-state index >= 15 is 0 Å². The van der Waals surface area contributed by atoms with Gasteiger partial charge in [-0.25, -0.2) is 0 Å². The molecule has 1 aromatic heterocycles. The molecule has 1 N–H and O–H groups in total. The Hall–Kier alpha value is -2.67. The van der Waals surface area contributed by atoms with Crippen LogP contribution in [0.2, 0.25) is 0 Å². The van der Waals surface area contributed by atoms with Gasteiger partial charge in [-0.2, -0.15) is 5.10 Å². The first-order chi connectivity index (χ1) is 15.4. The Bertz CT molecular complexity index is 912. The molecule has 0 aliphatic carbocycles. The van der Waals surface area contributed by atoms with Crippen molar-refractivity contribution >= 4 is 11.8 Å². The fourth-order valence-electron chi connectivity index (χ4n) is 4.45. The number of aromatic nitrogens is 2. The molecule has 1 aromatic carbocycles. The zero-order valence-corrected chi connectivity index (χ0v) is 19.8. The highest BCUT2D eigenvalue weighted by atomic mass is 16.5. The quantitative estimate of drug-likeness (QED) is 0.609. The first-order valence-corrected chi connectivity index (χ1v) is 11.5. The van der Waals surface area contributed by atoms with Gasteiger partial charge in [0.05, 0.1) is 12.3 Å². The lowest BCUT2D eigenvalue weighted by atomic mass is 9.89. The van der Waals surface area contributed by atoms with Crippen molar-refractivity contribution in [3.63, 3.8) is 0 Å². The summed E-state index contributed by atoms with van der Waals surface area (Å²) in [4.78, 5) is 26.8. The van der Waals surface area contributed by atoms with E-state index in [1.165, 1.54) is 11.1 Å². The number of hydrogen-bond acceptors (Lipinski definition) is 4. The summed E-state index contributed by atoms with van der Waals surface area (Å²) in [6.45, 7) is 6.75. The van der Waals surface area contributed by atoms with Crippen molar-refractivity contribution in [3.8, 4) is 0 Å². The third kappa shape index (κ3) is 6.19. The fourth-order valence-corrected chi connectivity index (χ4v) is 4.45. The third-order valence-electron chi connectivity index (χ3n) is 6.55. The van der Waals surface area contributed by atoms with Crippen LogP contribution in [0, 0.1) is 19.8 Å². The summed E-state index contributed by atoms with van der Waals surface area (Å²) in [6, 6.07) is 7.86. The number of carbonyl (C=O) groups is 2. The van der Waals surface area contributed by atoms with E-state index in [-0.39, 0.29) is 11.8 Å². The van der Waals surface area contributed by atoms with Gasteiger partial charge in [0.1, 0.15) is 0 Å². The number of hydrogen-bond donors (Lipinski definition) is 1. The van der Waals surface area contributed by atoms with Gasteiger partial charge in [-0.1, -0.05) is 12.1 Å². The Labute approximate surface area is 191 Å². The zero-order valence-electron chi connectivity index (χ0n) is 19.8. The lowest BCUT2D eigenvalue weighted by Crippen LogP contribution is -2.39. The molecule has 0 saturated carbocycles. The first-order valence-electron chi connectivity index (χ1n) is 11.5. The molecule has 1 aliphatic rings. The highest BCUT2D eigenvalue weighted by molar-refractivity contribution is 5.94. The summed E-state index contributed by atoms with van der Waals surface area (Å²) in [6.07, 6.45) is 4.34. The number of likely N-dealkylation sites (tertiary alicyclic amines) is 1. The molecule has 32 heavy (non-hydrogen) atoms. The summed E-state index contributed by atoms with van der Waals surface area (Å²) < 4.78 is 6.85. The Morgan fingerprint density at radius 1 is 1.16 bits per heavy atom. The lowest BCUT2D eigenvalue weighted by molar-refractivity contribution is -0.132. The highest BCUT2D eigenvalue weighted by Gasteiger charge is 2.23. The second-order valence-electron chi connectivity index (χ2n) is 8.75. The summed E-state index contributed by atoms with van der Waals surface area (Å²) >= 11 is 0. The van der Waals surface area contributed by atoms with Crippen molar-refractivity contribution in [2.24, 2.45) is 13.0 Å². The lowest BCUT2D eigenvalue weighted by Gasteiger charge is -2.32. The maximum Gasteiger partial charge on any atom is 0.251 e. The molecule has 0 radical (unpaired) electrons. The van der Waals surface area contributed by atoms with Crippen LogP contribution in [0.5, 0.6) is 0 Å². The minimum Gasteiger partial charge on any atom is -0.383 e. The number of amides is 2. The standard InChI is InChI=1S/C25H36N4O3/c1-18-23(19(2)28(3)27-18)9-10-24(30)29-14-11-21(12-15-29)17-20-5-7-22(8-6-20)25(31)26-13-16-32-4/h5-8,21H,9-17H2,1-4H3,(H,26,31). The van der Waals surface area contributed by atoms with Gasteiger partial charge in [0.2, 0.25) is 5.91 Å². The normalized spacial score (nSPS) is 14.6. The van der Waals surface area contributed by atoms with Crippen LogP contribution < -0.4 is 5.32 Å². The number of aryl methyl sites for hydroxylation is 2. The van der Waals surface area contributed by atoms with Gasteiger partial charge in [0.15, 0.2) is 0 Å². The molecule has 0 bridgehead atoms. The van der Waals surface area contributed by atoms with Gasteiger partial charge >= 0.3 is 0 Å². The van der Waals surface area contributed by atoms with Crippen molar-refractivity contribution in [1.82, 2.24) is 20.0 Å². The largest absolute Gasteiger partial charge is 0.383 e. The van der Waals surface area contributed by atoms with E-state index in [1.54, 1.807) is 7.11 Å². The number of ether oxygens (including phenoxy) is 1. The molecule has 2 amide bonds. The SMILES string of the molecule is COCCNC(=O)c1ccc(CC2CCN(C(=O)CCc3c(C)nn(C)c3C)CC2)cc1. The van der Waals surface area contributed by atoms with Gasteiger partial charge in [-0.3, -0.25) is 14.3 Å². The predicted molar refractivity (Wildman–Crippen MR) is 125 cm³/mol. The number of carbonyl (C=O) groups excluding carboxylic acids is 2.